The Bertz CT molecular complexity index is 661. The van der Waals surface area contributed by atoms with Crippen LogP contribution in [-0.2, 0) is 4.74 Å². The molecule has 0 bridgehead atoms. The molecule has 1 unspecified atom stereocenters. The van der Waals surface area contributed by atoms with Gasteiger partial charge < -0.3 is 10.1 Å². The van der Waals surface area contributed by atoms with Crippen LogP contribution >= 0.6 is 11.9 Å². The number of nitrogens with zero attached hydrogens (tertiary/aromatic N) is 2. The molecule has 7 nitrogen and oxygen atoms in total. The summed E-state index contributed by atoms with van der Waals surface area (Å²) in [4.78, 5) is 22.7. The molecular formula is C16H21N3O4S. The second-order valence-electron chi connectivity index (χ2n) is 6.46. The lowest BCUT2D eigenvalue weighted by Gasteiger charge is -2.53. The van der Waals surface area contributed by atoms with Crippen LogP contribution in [0.5, 0.6) is 0 Å². The number of methoxy groups -OCH3 is 1. The maximum absolute atomic E-state index is 11.6. The molecule has 0 amide bonds. The fourth-order valence-corrected chi connectivity index (χ4v) is 4.50. The van der Waals surface area contributed by atoms with Gasteiger partial charge in [-0.25, -0.2) is 9.10 Å². The van der Waals surface area contributed by atoms with E-state index in [-0.39, 0.29) is 22.7 Å². The van der Waals surface area contributed by atoms with Crippen LogP contribution in [0, 0.1) is 15.5 Å². The van der Waals surface area contributed by atoms with Crippen molar-refractivity contribution in [2.75, 3.05) is 33.0 Å². The highest BCUT2D eigenvalue weighted by atomic mass is 32.2. The number of nitrogens with one attached hydrogen (secondary N) is 1. The summed E-state index contributed by atoms with van der Waals surface area (Å²) < 4.78 is 6.97. The van der Waals surface area contributed by atoms with E-state index in [0.29, 0.717) is 5.56 Å². The normalized spacial score (nSPS) is 22.8. The zero-order chi connectivity index (χ0) is 17.3. The molecule has 8 heteroatoms. The van der Waals surface area contributed by atoms with E-state index in [9.17, 15) is 14.9 Å². The molecule has 0 aromatic heterocycles. The Morgan fingerprint density at radius 2 is 2.25 bits per heavy atom. The zero-order valence-corrected chi connectivity index (χ0v) is 14.6. The third-order valence-electron chi connectivity index (χ3n) is 4.99. The molecule has 0 aliphatic carbocycles. The van der Waals surface area contributed by atoms with E-state index in [1.54, 1.807) is 24.1 Å². The van der Waals surface area contributed by atoms with Crippen LogP contribution in [0.4, 0.5) is 5.69 Å². The van der Waals surface area contributed by atoms with Crippen molar-refractivity contribution in [1.29, 1.82) is 0 Å². The highest BCUT2D eigenvalue weighted by Crippen LogP contribution is 2.47. The molecule has 0 saturated carbocycles. The predicted octanol–water partition coefficient (Wildman–Crippen LogP) is 2.39. The van der Waals surface area contributed by atoms with Gasteiger partial charge in [0.2, 0.25) is 0 Å². The molecule has 1 N–H and O–H groups in total. The van der Waals surface area contributed by atoms with Gasteiger partial charge in [0.15, 0.2) is 0 Å². The standard InChI is InChI=1S/C16H21N3O4S/c1-23-15(20)11-3-4-12(14(7-11)19(21)22)13-8-16(5-6-17-13)9-18(10-16)24-2/h3-4,7,13,17H,5-6,8-10H2,1-2H3. The molecule has 130 valence electrons. The highest BCUT2D eigenvalue weighted by molar-refractivity contribution is 7.96. The summed E-state index contributed by atoms with van der Waals surface area (Å²) in [6.45, 7) is 2.91. The Kier molecular flexibility index (Phi) is 4.80. The SMILES string of the molecule is COC(=O)c1ccc(C2CC3(CCN2)CN(SC)C3)c([N+](=O)[O-])c1. The van der Waals surface area contributed by atoms with Gasteiger partial charge in [0.1, 0.15) is 0 Å². The van der Waals surface area contributed by atoms with Gasteiger partial charge >= 0.3 is 5.97 Å². The van der Waals surface area contributed by atoms with E-state index in [1.807, 2.05) is 0 Å². The number of nitro groups is 1. The maximum atomic E-state index is 11.6. The average molecular weight is 351 g/mol. The van der Waals surface area contributed by atoms with Crippen LogP contribution < -0.4 is 5.32 Å². The van der Waals surface area contributed by atoms with Crippen molar-refractivity contribution >= 4 is 23.6 Å². The Hall–Kier alpha value is -1.64. The van der Waals surface area contributed by atoms with Crippen molar-refractivity contribution in [3.63, 3.8) is 0 Å². The number of rotatable bonds is 4. The average Bonchev–Trinajstić information content (AvgIpc) is 2.58. The quantitative estimate of drug-likeness (QED) is 0.386. The molecule has 2 saturated heterocycles. The van der Waals surface area contributed by atoms with Crippen LogP contribution in [0.3, 0.4) is 0 Å². The van der Waals surface area contributed by atoms with E-state index in [1.165, 1.54) is 13.2 Å². The third-order valence-corrected chi connectivity index (χ3v) is 5.76. The Labute approximate surface area is 145 Å². The molecule has 2 aliphatic rings. The number of hydrogen-bond donors (Lipinski definition) is 1. The van der Waals surface area contributed by atoms with Gasteiger partial charge in [0.05, 0.1) is 17.6 Å². The first kappa shape index (κ1) is 17.2. The van der Waals surface area contributed by atoms with E-state index in [4.69, 9.17) is 0 Å². The molecule has 1 aromatic rings. The second kappa shape index (κ2) is 6.70. The summed E-state index contributed by atoms with van der Waals surface area (Å²) in [5.41, 5.74) is 1.08. The number of ether oxygens (including phenoxy) is 1. The molecule has 0 radical (unpaired) electrons. The fourth-order valence-electron chi connectivity index (χ4n) is 3.70. The van der Waals surface area contributed by atoms with Crippen molar-refractivity contribution in [1.82, 2.24) is 9.62 Å². The summed E-state index contributed by atoms with van der Waals surface area (Å²) in [5, 5.41) is 14.9. The monoisotopic (exact) mass is 351 g/mol. The van der Waals surface area contributed by atoms with Gasteiger partial charge in [-0.1, -0.05) is 11.9 Å². The van der Waals surface area contributed by atoms with Gasteiger partial charge in [-0.15, -0.1) is 0 Å². The minimum absolute atomic E-state index is 0.0199. The van der Waals surface area contributed by atoms with Crippen LogP contribution in [0.25, 0.3) is 0 Å². The number of carbonyl (C=O) groups excluding carboxylic acids is 1. The maximum Gasteiger partial charge on any atom is 0.338 e. The van der Waals surface area contributed by atoms with E-state index < -0.39 is 10.9 Å². The Balaban J connectivity index is 1.85. The molecule has 3 rings (SSSR count). The van der Waals surface area contributed by atoms with Gasteiger partial charge in [-0.2, -0.15) is 0 Å². The minimum atomic E-state index is -0.563. The van der Waals surface area contributed by atoms with Crippen molar-refractivity contribution in [3.8, 4) is 0 Å². The number of nitro benzene ring substituents is 1. The first-order valence-electron chi connectivity index (χ1n) is 7.87. The smallest absolute Gasteiger partial charge is 0.338 e. The second-order valence-corrected chi connectivity index (χ2v) is 7.35. The minimum Gasteiger partial charge on any atom is -0.465 e. The number of benzene rings is 1. The number of hydrogen-bond acceptors (Lipinski definition) is 7. The number of carbonyl (C=O) groups is 1. The summed E-state index contributed by atoms with van der Waals surface area (Å²) in [5.74, 6) is -0.563. The van der Waals surface area contributed by atoms with Crippen LogP contribution in [0.15, 0.2) is 18.2 Å². The largest absolute Gasteiger partial charge is 0.465 e. The van der Waals surface area contributed by atoms with E-state index >= 15 is 0 Å². The fraction of sp³-hybridized carbons (Fsp3) is 0.562. The van der Waals surface area contributed by atoms with Gasteiger partial charge in [0.25, 0.3) is 5.69 Å². The molecule has 2 fully saturated rings. The molecule has 24 heavy (non-hydrogen) atoms. The van der Waals surface area contributed by atoms with Crippen LogP contribution in [-0.4, -0.2) is 48.2 Å². The molecule has 2 aliphatic heterocycles. The molecule has 1 spiro atoms. The number of esters is 1. The third kappa shape index (κ3) is 3.13. The lowest BCUT2D eigenvalue weighted by molar-refractivity contribution is -0.385. The lowest BCUT2D eigenvalue weighted by atomic mass is 9.70. The topological polar surface area (TPSA) is 84.7 Å². The summed E-state index contributed by atoms with van der Waals surface area (Å²) in [6, 6.07) is 4.55. The molecular weight excluding hydrogens is 330 g/mol. The van der Waals surface area contributed by atoms with Crippen LogP contribution in [0.2, 0.25) is 0 Å². The Morgan fingerprint density at radius 3 is 2.88 bits per heavy atom. The zero-order valence-electron chi connectivity index (χ0n) is 13.8. The predicted molar refractivity (Wildman–Crippen MR) is 91.9 cm³/mol. The lowest BCUT2D eigenvalue weighted by Crippen LogP contribution is -2.57. The van der Waals surface area contributed by atoms with Crippen molar-refractivity contribution in [3.05, 3.63) is 39.4 Å². The first-order valence-corrected chi connectivity index (χ1v) is 9.05. The summed E-state index contributed by atoms with van der Waals surface area (Å²) in [7, 11) is 1.27. The Morgan fingerprint density at radius 1 is 1.50 bits per heavy atom. The van der Waals surface area contributed by atoms with E-state index in [2.05, 4.69) is 20.6 Å². The summed E-state index contributed by atoms with van der Waals surface area (Å²) in [6.07, 6.45) is 4.04. The number of piperidine rings is 1. The van der Waals surface area contributed by atoms with Crippen molar-refractivity contribution in [2.45, 2.75) is 18.9 Å². The van der Waals surface area contributed by atoms with Crippen molar-refractivity contribution < 1.29 is 14.5 Å². The molecule has 2 heterocycles. The summed E-state index contributed by atoms with van der Waals surface area (Å²) >= 11 is 1.75. The van der Waals surface area contributed by atoms with Gasteiger partial charge in [0, 0.05) is 36.2 Å². The van der Waals surface area contributed by atoms with Gasteiger partial charge in [-0.05, 0) is 37.8 Å². The highest BCUT2D eigenvalue weighted by Gasteiger charge is 2.46. The van der Waals surface area contributed by atoms with Gasteiger partial charge in [-0.3, -0.25) is 10.1 Å². The molecule has 1 aromatic carbocycles. The van der Waals surface area contributed by atoms with E-state index in [0.717, 1.165) is 32.5 Å². The first-order chi connectivity index (χ1) is 11.5. The molecule has 1 atom stereocenters. The van der Waals surface area contributed by atoms with Crippen molar-refractivity contribution in [2.24, 2.45) is 5.41 Å². The van der Waals surface area contributed by atoms with Crippen LogP contribution in [0.1, 0.15) is 34.8 Å².